The number of hydrogen-bond donors (Lipinski definition) is 2. The first kappa shape index (κ1) is 17.9. The van der Waals surface area contributed by atoms with Crippen LogP contribution >= 0.6 is 11.8 Å². The SMILES string of the molecule is O=C(COC(=O)c1ccc(O)cc1)NCCCSc1ccccc1. The molecule has 0 aliphatic carbocycles. The summed E-state index contributed by atoms with van der Waals surface area (Å²) in [4.78, 5) is 24.5. The molecule has 5 nitrogen and oxygen atoms in total. The molecule has 2 aromatic rings. The lowest BCUT2D eigenvalue weighted by atomic mass is 10.2. The number of phenolic OH excluding ortho intramolecular Hbond substituents is 1. The van der Waals surface area contributed by atoms with E-state index in [9.17, 15) is 9.59 Å². The van der Waals surface area contributed by atoms with Crippen LogP contribution < -0.4 is 5.32 Å². The van der Waals surface area contributed by atoms with E-state index in [1.165, 1.54) is 29.2 Å². The highest BCUT2D eigenvalue weighted by molar-refractivity contribution is 7.99. The fourth-order valence-electron chi connectivity index (χ4n) is 1.87. The maximum absolute atomic E-state index is 11.7. The minimum absolute atomic E-state index is 0.0673. The van der Waals surface area contributed by atoms with Crippen LogP contribution in [0, 0.1) is 0 Å². The molecular weight excluding hydrogens is 326 g/mol. The van der Waals surface area contributed by atoms with Crippen LogP contribution in [0.3, 0.4) is 0 Å². The van der Waals surface area contributed by atoms with E-state index >= 15 is 0 Å². The smallest absolute Gasteiger partial charge is 0.338 e. The van der Waals surface area contributed by atoms with Gasteiger partial charge in [-0.05, 0) is 48.6 Å². The number of hydrogen-bond acceptors (Lipinski definition) is 5. The van der Waals surface area contributed by atoms with Crippen molar-refractivity contribution in [3.05, 3.63) is 60.2 Å². The quantitative estimate of drug-likeness (QED) is 0.437. The van der Waals surface area contributed by atoms with Crippen LogP contribution in [0.1, 0.15) is 16.8 Å². The van der Waals surface area contributed by atoms with Gasteiger partial charge in [-0.2, -0.15) is 0 Å². The van der Waals surface area contributed by atoms with Crippen molar-refractivity contribution in [1.29, 1.82) is 0 Å². The minimum atomic E-state index is -0.593. The zero-order valence-electron chi connectivity index (χ0n) is 13.1. The molecule has 0 radical (unpaired) electrons. The number of esters is 1. The van der Waals surface area contributed by atoms with Crippen molar-refractivity contribution in [2.24, 2.45) is 0 Å². The first-order valence-electron chi connectivity index (χ1n) is 7.56. The van der Waals surface area contributed by atoms with Gasteiger partial charge in [-0.3, -0.25) is 4.79 Å². The molecule has 0 saturated carbocycles. The van der Waals surface area contributed by atoms with Gasteiger partial charge < -0.3 is 15.2 Å². The van der Waals surface area contributed by atoms with Gasteiger partial charge in [0.15, 0.2) is 6.61 Å². The van der Waals surface area contributed by atoms with Crippen LogP contribution in [-0.4, -0.2) is 35.9 Å². The number of carbonyl (C=O) groups excluding carboxylic acids is 2. The van der Waals surface area contributed by atoms with E-state index in [0.29, 0.717) is 12.1 Å². The molecule has 2 N–H and O–H groups in total. The maximum atomic E-state index is 11.7. The molecule has 0 aromatic heterocycles. The summed E-state index contributed by atoms with van der Waals surface area (Å²) < 4.78 is 4.92. The predicted molar refractivity (Wildman–Crippen MR) is 93.2 cm³/mol. The Morgan fingerprint density at radius 3 is 2.46 bits per heavy atom. The maximum Gasteiger partial charge on any atom is 0.338 e. The summed E-state index contributed by atoms with van der Waals surface area (Å²) in [6.07, 6.45) is 0.831. The highest BCUT2D eigenvalue weighted by Gasteiger charge is 2.09. The van der Waals surface area contributed by atoms with Crippen molar-refractivity contribution in [3.63, 3.8) is 0 Å². The minimum Gasteiger partial charge on any atom is -0.508 e. The van der Waals surface area contributed by atoms with E-state index < -0.39 is 5.97 Å². The summed E-state index contributed by atoms with van der Waals surface area (Å²) in [7, 11) is 0. The van der Waals surface area contributed by atoms with E-state index in [0.717, 1.165) is 12.2 Å². The Labute approximate surface area is 145 Å². The monoisotopic (exact) mass is 345 g/mol. The molecule has 0 unspecified atom stereocenters. The van der Waals surface area contributed by atoms with Crippen molar-refractivity contribution < 1.29 is 19.4 Å². The van der Waals surface area contributed by atoms with E-state index in [4.69, 9.17) is 9.84 Å². The summed E-state index contributed by atoms with van der Waals surface area (Å²) in [6.45, 7) is 0.223. The molecule has 24 heavy (non-hydrogen) atoms. The molecule has 2 aromatic carbocycles. The van der Waals surface area contributed by atoms with Crippen molar-refractivity contribution in [2.45, 2.75) is 11.3 Å². The zero-order valence-corrected chi connectivity index (χ0v) is 13.9. The first-order valence-corrected chi connectivity index (χ1v) is 8.54. The lowest BCUT2D eigenvalue weighted by molar-refractivity contribution is -0.124. The molecule has 2 rings (SSSR count). The number of nitrogens with one attached hydrogen (secondary N) is 1. The highest BCUT2D eigenvalue weighted by atomic mass is 32.2. The Morgan fingerprint density at radius 1 is 1.04 bits per heavy atom. The Hall–Kier alpha value is -2.47. The third-order valence-electron chi connectivity index (χ3n) is 3.09. The van der Waals surface area contributed by atoms with Crippen LogP contribution in [-0.2, 0) is 9.53 Å². The molecule has 0 bridgehead atoms. The van der Waals surface area contributed by atoms with E-state index in [2.05, 4.69) is 5.32 Å². The van der Waals surface area contributed by atoms with Gasteiger partial charge in [0.05, 0.1) is 5.56 Å². The largest absolute Gasteiger partial charge is 0.508 e. The molecule has 6 heteroatoms. The van der Waals surface area contributed by atoms with E-state index in [-0.39, 0.29) is 18.3 Å². The normalized spacial score (nSPS) is 10.2. The number of benzene rings is 2. The van der Waals surface area contributed by atoms with E-state index in [1.807, 2.05) is 30.3 Å². The fourth-order valence-corrected chi connectivity index (χ4v) is 2.74. The standard InChI is InChI=1S/C18H19NO4S/c20-15-9-7-14(8-10-15)18(22)23-13-17(21)19-11-4-12-24-16-5-2-1-3-6-16/h1-3,5-10,20H,4,11-13H2,(H,19,21). The molecule has 0 saturated heterocycles. The molecule has 0 aliphatic rings. The average molecular weight is 345 g/mol. The molecule has 126 valence electrons. The summed E-state index contributed by atoms with van der Waals surface area (Å²) in [5.41, 5.74) is 0.292. The third kappa shape index (κ3) is 6.34. The highest BCUT2D eigenvalue weighted by Crippen LogP contribution is 2.17. The molecule has 0 spiro atoms. The molecule has 0 atom stereocenters. The van der Waals surface area contributed by atoms with Crippen molar-refractivity contribution in [2.75, 3.05) is 18.9 Å². The number of rotatable bonds is 8. The summed E-state index contributed by atoms with van der Waals surface area (Å²) in [5.74, 6) is 0.0479. The van der Waals surface area contributed by atoms with Gasteiger partial charge in [0.1, 0.15) is 5.75 Å². The topological polar surface area (TPSA) is 75.6 Å². The predicted octanol–water partition coefficient (Wildman–Crippen LogP) is 2.85. The summed E-state index contributed by atoms with van der Waals surface area (Å²) in [5, 5.41) is 11.9. The van der Waals surface area contributed by atoms with Crippen LogP contribution in [0.25, 0.3) is 0 Å². The summed E-state index contributed by atoms with van der Waals surface area (Å²) in [6, 6.07) is 15.7. The summed E-state index contributed by atoms with van der Waals surface area (Å²) >= 11 is 1.73. The van der Waals surface area contributed by atoms with Gasteiger partial charge in [0.25, 0.3) is 5.91 Å². The Balaban J connectivity index is 1.58. The van der Waals surface area contributed by atoms with Gasteiger partial charge in [0, 0.05) is 11.4 Å². The molecule has 0 fully saturated rings. The van der Waals surface area contributed by atoms with Crippen LogP contribution in [0.2, 0.25) is 0 Å². The van der Waals surface area contributed by atoms with Crippen molar-refractivity contribution in [3.8, 4) is 5.75 Å². The van der Waals surface area contributed by atoms with Crippen LogP contribution in [0.4, 0.5) is 0 Å². The Morgan fingerprint density at radius 2 is 1.75 bits per heavy atom. The van der Waals surface area contributed by atoms with Crippen molar-refractivity contribution >= 4 is 23.6 Å². The van der Waals surface area contributed by atoms with Gasteiger partial charge in [-0.1, -0.05) is 18.2 Å². The number of thioether (sulfide) groups is 1. The first-order chi connectivity index (χ1) is 11.6. The Kier molecular flexibility index (Phi) is 7.17. The fraction of sp³-hybridized carbons (Fsp3) is 0.222. The zero-order chi connectivity index (χ0) is 17.2. The Bertz CT molecular complexity index is 658. The third-order valence-corrected chi connectivity index (χ3v) is 4.19. The number of ether oxygens (including phenoxy) is 1. The lowest BCUT2D eigenvalue weighted by Gasteiger charge is -2.07. The second-order valence-electron chi connectivity index (χ2n) is 4.99. The van der Waals surface area contributed by atoms with Gasteiger partial charge >= 0.3 is 5.97 Å². The lowest BCUT2D eigenvalue weighted by Crippen LogP contribution is -2.29. The number of phenols is 1. The molecular formula is C18H19NO4S. The van der Waals surface area contributed by atoms with Gasteiger partial charge in [-0.25, -0.2) is 4.79 Å². The number of carbonyl (C=O) groups is 2. The van der Waals surface area contributed by atoms with Gasteiger partial charge in [0.2, 0.25) is 0 Å². The van der Waals surface area contributed by atoms with Crippen LogP contribution in [0.15, 0.2) is 59.5 Å². The number of amides is 1. The molecule has 0 heterocycles. The average Bonchev–Trinajstić information content (AvgIpc) is 2.61. The second-order valence-corrected chi connectivity index (χ2v) is 6.16. The molecule has 0 aliphatic heterocycles. The molecule has 1 amide bonds. The van der Waals surface area contributed by atoms with Crippen LogP contribution in [0.5, 0.6) is 5.75 Å². The van der Waals surface area contributed by atoms with E-state index in [1.54, 1.807) is 11.8 Å². The van der Waals surface area contributed by atoms with Gasteiger partial charge in [-0.15, -0.1) is 11.8 Å². The van der Waals surface area contributed by atoms with Crippen molar-refractivity contribution in [1.82, 2.24) is 5.32 Å². The number of aromatic hydroxyl groups is 1. The second kappa shape index (κ2) is 9.62.